The molecule has 0 aliphatic rings. The number of para-hydroxylation sites is 2. The van der Waals surface area contributed by atoms with E-state index in [2.05, 4.69) is 23.7 Å². The Hall–Kier alpha value is -2.55. The maximum absolute atomic E-state index is 11.1. The Morgan fingerprint density at radius 3 is 2.79 bits per heavy atom. The Morgan fingerprint density at radius 1 is 1.16 bits per heavy atom. The van der Waals surface area contributed by atoms with E-state index in [0.29, 0.717) is 0 Å². The molecule has 0 saturated heterocycles. The van der Waals surface area contributed by atoms with Gasteiger partial charge >= 0.3 is 5.97 Å². The molecule has 2 aromatic carbocycles. The van der Waals surface area contributed by atoms with Crippen LogP contribution in [0.15, 0.2) is 55.1 Å². The summed E-state index contributed by atoms with van der Waals surface area (Å²) in [6.45, 7) is 3.63. The molecule has 94 valence electrons. The van der Waals surface area contributed by atoms with E-state index in [-0.39, 0.29) is 6.61 Å². The van der Waals surface area contributed by atoms with E-state index < -0.39 is 5.97 Å². The minimum Gasteiger partial charge on any atom is -0.458 e. The number of benzene rings is 2. The van der Waals surface area contributed by atoms with Gasteiger partial charge in [0, 0.05) is 27.9 Å². The Kier molecular flexibility index (Phi) is 2.80. The zero-order chi connectivity index (χ0) is 13.2. The second-order valence-corrected chi connectivity index (χ2v) is 4.32. The number of aromatic nitrogens is 1. The summed E-state index contributed by atoms with van der Waals surface area (Å²) in [6, 6.07) is 14.1. The van der Waals surface area contributed by atoms with Gasteiger partial charge in [0.05, 0.1) is 5.52 Å². The lowest BCUT2D eigenvalue weighted by molar-refractivity contribution is -0.138. The Labute approximate surface area is 110 Å². The number of nitrogens with one attached hydrogen (secondary N) is 1. The highest BCUT2D eigenvalue weighted by molar-refractivity contribution is 6.08. The van der Waals surface area contributed by atoms with Crippen LogP contribution in [0.3, 0.4) is 0 Å². The number of rotatable bonds is 3. The summed E-state index contributed by atoms with van der Waals surface area (Å²) in [5, 5.41) is 2.32. The van der Waals surface area contributed by atoms with Gasteiger partial charge in [0.2, 0.25) is 0 Å². The van der Waals surface area contributed by atoms with Gasteiger partial charge in [-0.2, -0.15) is 0 Å². The molecule has 0 radical (unpaired) electrons. The van der Waals surface area contributed by atoms with Gasteiger partial charge in [-0.1, -0.05) is 43.0 Å². The van der Waals surface area contributed by atoms with Gasteiger partial charge < -0.3 is 9.72 Å². The van der Waals surface area contributed by atoms with Crippen LogP contribution in [0, 0.1) is 0 Å². The monoisotopic (exact) mass is 251 g/mol. The summed E-state index contributed by atoms with van der Waals surface area (Å²) in [7, 11) is 0. The number of hydrogen-bond donors (Lipinski definition) is 1. The lowest BCUT2D eigenvalue weighted by Gasteiger charge is -2.03. The molecule has 19 heavy (non-hydrogen) atoms. The van der Waals surface area contributed by atoms with Gasteiger partial charge in [-0.05, 0) is 6.07 Å². The predicted molar refractivity (Wildman–Crippen MR) is 75.8 cm³/mol. The maximum Gasteiger partial charge on any atom is 0.330 e. The van der Waals surface area contributed by atoms with Crippen LogP contribution in [0.4, 0.5) is 0 Å². The van der Waals surface area contributed by atoms with Crippen molar-refractivity contribution in [2.45, 2.75) is 6.61 Å². The van der Waals surface area contributed by atoms with Crippen LogP contribution in [0.1, 0.15) is 5.56 Å². The van der Waals surface area contributed by atoms with Gasteiger partial charge in [-0.3, -0.25) is 0 Å². The van der Waals surface area contributed by atoms with Gasteiger partial charge in [-0.25, -0.2) is 4.79 Å². The molecule has 0 unspecified atom stereocenters. The van der Waals surface area contributed by atoms with Gasteiger partial charge in [-0.15, -0.1) is 0 Å². The van der Waals surface area contributed by atoms with Crippen molar-refractivity contribution in [3.8, 4) is 0 Å². The predicted octanol–water partition coefficient (Wildman–Crippen LogP) is 3.55. The number of carbonyl (C=O) groups is 1. The minimum atomic E-state index is -0.409. The molecule has 1 heterocycles. The highest BCUT2D eigenvalue weighted by Gasteiger charge is 2.08. The third-order valence-electron chi connectivity index (χ3n) is 3.16. The van der Waals surface area contributed by atoms with Gasteiger partial charge in [0.15, 0.2) is 0 Å². The fourth-order valence-corrected chi connectivity index (χ4v) is 2.26. The number of aromatic amines is 1. The first-order valence-corrected chi connectivity index (χ1v) is 6.07. The van der Waals surface area contributed by atoms with Crippen molar-refractivity contribution in [3.05, 3.63) is 60.7 Å². The van der Waals surface area contributed by atoms with E-state index in [0.717, 1.165) is 22.0 Å². The van der Waals surface area contributed by atoms with Crippen molar-refractivity contribution in [2.24, 2.45) is 0 Å². The molecular weight excluding hydrogens is 238 g/mol. The van der Waals surface area contributed by atoms with E-state index in [1.165, 1.54) is 11.5 Å². The van der Waals surface area contributed by atoms with Crippen molar-refractivity contribution in [1.82, 2.24) is 4.98 Å². The van der Waals surface area contributed by atoms with Gasteiger partial charge in [0.25, 0.3) is 0 Å². The largest absolute Gasteiger partial charge is 0.458 e. The molecule has 3 rings (SSSR count). The standard InChI is InChI=1S/C16H13NO2/c1-2-15(18)19-10-11-6-5-8-13-12-7-3-4-9-14(12)17-16(11)13/h2-9,17H,1,10H2. The third-order valence-corrected chi connectivity index (χ3v) is 3.16. The molecule has 0 amide bonds. The molecule has 0 atom stereocenters. The normalized spacial score (nSPS) is 10.7. The number of H-pyrrole nitrogens is 1. The lowest BCUT2D eigenvalue weighted by Crippen LogP contribution is -2.00. The third kappa shape index (κ3) is 1.99. The molecular formula is C16H13NO2. The summed E-state index contributed by atoms with van der Waals surface area (Å²) in [6.07, 6.45) is 1.17. The van der Waals surface area contributed by atoms with Crippen LogP contribution in [0.25, 0.3) is 21.8 Å². The quantitative estimate of drug-likeness (QED) is 0.571. The maximum atomic E-state index is 11.1. The van der Waals surface area contributed by atoms with Crippen molar-refractivity contribution >= 4 is 27.8 Å². The van der Waals surface area contributed by atoms with Crippen LogP contribution in [-0.4, -0.2) is 11.0 Å². The van der Waals surface area contributed by atoms with Crippen molar-refractivity contribution in [2.75, 3.05) is 0 Å². The highest BCUT2D eigenvalue weighted by Crippen LogP contribution is 2.27. The molecule has 0 aliphatic carbocycles. The minimum absolute atomic E-state index is 0.245. The fourth-order valence-electron chi connectivity index (χ4n) is 2.26. The first kappa shape index (κ1) is 11.5. The Morgan fingerprint density at radius 2 is 1.95 bits per heavy atom. The Balaban J connectivity index is 2.10. The Bertz CT molecular complexity index is 771. The zero-order valence-electron chi connectivity index (χ0n) is 10.3. The van der Waals surface area contributed by atoms with Crippen LogP contribution in [0.5, 0.6) is 0 Å². The van der Waals surface area contributed by atoms with Crippen molar-refractivity contribution in [3.63, 3.8) is 0 Å². The lowest BCUT2D eigenvalue weighted by atomic mass is 10.1. The number of fused-ring (bicyclic) bond motifs is 3. The van der Waals surface area contributed by atoms with Crippen LogP contribution >= 0.6 is 0 Å². The summed E-state index contributed by atoms with van der Waals surface area (Å²) >= 11 is 0. The van der Waals surface area contributed by atoms with E-state index in [4.69, 9.17) is 4.74 Å². The molecule has 0 bridgehead atoms. The van der Waals surface area contributed by atoms with E-state index in [1.54, 1.807) is 0 Å². The molecule has 3 heteroatoms. The summed E-state index contributed by atoms with van der Waals surface area (Å²) < 4.78 is 5.10. The molecule has 0 aliphatic heterocycles. The number of carbonyl (C=O) groups excluding carboxylic acids is 1. The molecule has 0 spiro atoms. The van der Waals surface area contributed by atoms with E-state index in [9.17, 15) is 4.79 Å². The fraction of sp³-hybridized carbons (Fsp3) is 0.0625. The SMILES string of the molecule is C=CC(=O)OCc1cccc2c1[nH]c1ccccc12. The summed E-state index contributed by atoms with van der Waals surface area (Å²) in [5.41, 5.74) is 3.06. The smallest absolute Gasteiger partial charge is 0.330 e. The number of ether oxygens (including phenoxy) is 1. The van der Waals surface area contributed by atoms with Crippen molar-refractivity contribution < 1.29 is 9.53 Å². The van der Waals surface area contributed by atoms with Crippen LogP contribution < -0.4 is 0 Å². The average molecular weight is 251 g/mol. The summed E-state index contributed by atoms with van der Waals surface area (Å²) in [5.74, 6) is -0.409. The summed E-state index contributed by atoms with van der Waals surface area (Å²) in [4.78, 5) is 14.5. The van der Waals surface area contributed by atoms with Crippen LogP contribution in [0.2, 0.25) is 0 Å². The second kappa shape index (κ2) is 4.61. The number of hydrogen-bond acceptors (Lipinski definition) is 2. The van der Waals surface area contributed by atoms with E-state index in [1.807, 2.05) is 30.3 Å². The molecule has 1 N–H and O–H groups in total. The van der Waals surface area contributed by atoms with Crippen molar-refractivity contribution in [1.29, 1.82) is 0 Å². The molecule has 3 nitrogen and oxygen atoms in total. The highest BCUT2D eigenvalue weighted by atomic mass is 16.5. The van der Waals surface area contributed by atoms with E-state index >= 15 is 0 Å². The zero-order valence-corrected chi connectivity index (χ0v) is 10.3. The van der Waals surface area contributed by atoms with Gasteiger partial charge in [0.1, 0.15) is 6.61 Å². The molecule has 3 aromatic rings. The number of esters is 1. The first-order chi connectivity index (χ1) is 9.29. The molecule has 0 fully saturated rings. The topological polar surface area (TPSA) is 42.1 Å². The van der Waals surface area contributed by atoms with Crippen LogP contribution in [-0.2, 0) is 16.1 Å². The second-order valence-electron chi connectivity index (χ2n) is 4.32. The average Bonchev–Trinajstić information content (AvgIpc) is 2.84. The molecule has 1 aromatic heterocycles. The first-order valence-electron chi connectivity index (χ1n) is 6.07. The molecule has 0 saturated carbocycles.